The summed E-state index contributed by atoms with van der Waals surface area (Å²) in [7, 11) is 0. The zero-order valence-corrected chi connectivity index (χ0v) is 15.5. The monoisotopic (exact) mass is 364 g/mol. The zero-order chi connectivity index (χ0) is 18.0. The molecule has 1 saturated carbocycles. The van der Waals surface area contributed by atoms with Crippen LogP contribution in [0.1, 0.15) is 51.0 Å². The number of nitrogens with zero attached hydrogens (tertiary/aromatic N) is 3. The molecule has 0 spiro atoms. The molecule has 0 unspecified atom stereocenters. The van der Waals surface area contributed by atoms with Gasteiger partial charge in [-0.15, -0.1) is 10.2 Å². The van der Waals surface area contributed by atoms with E-state index in [2.05, 4.69) is 29.4 Å². The number of carbonyl (C=O) groups is 3. The van der Waals surface area contributed by atoms with Gasteiger partial charge >= 0.3 is 0 Å². The fraction of sp³-hybridized carbons (Fsp3) is 0.706. The number of anilines is 1. The van der Waals surface area contributed by atoms with Crippen molar-refractivity contribution in [3.05, 3.63) is 5.01 Å². The van der Waals surface area contributed by atoms with Gasteiger partial charge in [0.25, 0.3) is 0 Å². The number of carbonyl (C=O) groups excluding carboxylic acids is 3. The van der Waals surface area contributed by atoms with Crippen LogP contribution in [0.2, 0.25) is 0 Å². The predicted octanol–water partition coefficient (Wildman–Crippen LogP) is 2.24. The summed E-state index contributed by atoms with van der Waals surface area (Å²) in [6, 6.07) is 0. The van der Waals surface area contributed by atoms with Crippen molar-refractivity contribution >= 4 is 34.2 Å². The number of hydrogen-bond donors (Lipinski definition) is 1. The topological polar surface area (TPSA) is 92.3 Å². The van der Waals surface area contributed by atoms with E-state index in [0.717, 1.165) is 37.1 Å². The number of nitrogens with one attached hydrogen (secondary N) is 1. The molecule has 2 aliphatic rings. The third-order valence-corrected chi connectivity index (χ3v) is 5.65. The first-order valence-electron chi connectivity index (χ1n) is 8.93. The van der Waals surface area contributed by atoms with Crippen LogP contribution in [0.4, 0.5) is 5.13 Å². The Kier molecular flexibility index (Phi) is 5.46. The number of likely N-dealkylation sites (tertiary alicyclic amines) is 1. The van der Waals surface area contributed by atoms with E-state index < -0.39 is 0 Å². The van der Waals surface area contributed by atoms with Gasteiger partial charge in [0.15, 0.2) is 0 Å². The summed E-state index contributed by atoms with van der Waals surface area (Å²) >= 11 is 1.36. The van der Waals surface area contributed by atoms with Gasteiger partial charge in [0.05, 0.1) is 11.8 Å². The molecule has 1 N–H and O–H groups in total. The number of amides is 3. The SMILES string of the molecule is CC(C)Cc1nnc(NC(=O)CCN2C(=O)[C@H]3CCCC[C@H]3C2=O)s1. The molecule has 25 heavy (non-hydrogen) atoms. The molecule has 0 aromatic carbocycles. The molecule has 2 heterocycles. The lowest BCUT2D eigenvalue weighted by Crippen LogP contribution is -2.34. The Morgan fingerprint density at radius 1 is 1.20 bits per heavy atom. The van der Waals surface area contributed by atoms with E-state index in [1.165, 1.54) is 16.2 Å². The first kappa shape index (κ1) is 18.0. The quantitative estimate of drug-likeness (QED) is 0.782. The van der Waals surface area contributed by atoms with Crippen molar-refractivity contribution in [2.24, 2.45) is 17.8 Å². The van der Waals surface area contributed by atoms with Crippen molar-refractivity contribution in [2.75, 3.05) is 11.9 Å². The van der Waals surface area contributed by atoms with Crippen molar-refractivity contribution < 1.29 is 14.4 Å². The highest BCUT2D eigenvalue weighted by Gasteiger charge is 2.47. The van der Waals surface area contributed by atoms with E-state index in [4.69, 9.17) is 0 Å². The fourth-order valence-corrected chi connectivity index (χ4v) is 4.55. The standard InChI is InChI=1S/C17H24N4O3S/c1-10(2)9-14-19-20-17(25-14)18-13(22)7-8-21-15(23)11-5-3-4-6-12(11)16(21)24/h10-12H,3-9H2,1-2H3,(H,18,20,22)/t11-,12+. The first-order valence-corrected chi connectivity index (χ1v) is 9.75. The molecule has 1 aromatic heterocycles. The van der Waals surface area contributed by atoms with Crippen LogP contribution in [0.25, 0.3) is 0 Å². The third-order valence-electron chi connectivity index (χ3n) is 4.79. The molecular weight excluding hydrogens is 340 g/mol. The molecule has 1 aliphatic heterocycles. The van der Waals surface area contributed by atoms with E-state index in [0.29, 0.717) is 11.0 Å². The molecule has 7 nitrogen and oxygen atoms in total. The predicted molar refractivity (Wildman–Crippen MR) is 93.9 cm³/mol. The molecule has 0 radical (unpaired) electrons. The normalized spacial score (nSPS) is 23.2. The molecule has 136 valence electrons. The lowest BCUT2D eigenvalue weighted by molar-refractivity contribution is -0.140. The first-order chi connectivity index (χ1) is 12.0. The van der Waals surface area contributed by atoms with E-state index in [1.807, 2.05) is 0 Å². The molecular formula is C17H24N4O3S. The molecule has 1 aliphatic carbocycles. The van der Waals surface area contributed by atoms with Crippen LogP contribution in [-0.4, -0.2) is 39.4 Å². The number of aromatic nitrogens is 2. The Bertz CT molecular complexity index is 649. The maximum atomic E-state index is 12.4. The van der Waals surface area contributed by atoms with Crippen molar-refractivity contribution in [3.63, 3.8) is 0 Å². The van der Waals surface area contributed by atoms with Gasteiger partial charge in [-0.3, -0.25) is 19.3 Å². The summed E-state index contributed by atoms with van der Waals surface area (Å²) < 4.78 is 0. The van der Waals surface area contributed by atoms with Crippen LogP contribution in [0, 0.1) is 17.8 Å². The average molecular weight is 364 g/mol. The number of fused-ring (bicyclic) bond motifs is 1. The summed E-state index contributed by atoms with van der Waals surface area (Å²) in [5.74, 6) is -0.289. The Balaban J connectivity index is 1.51. The highest BCUT2D eigenvalue weighted by atomic mass is 32.1. The lowest BCUT2D eigenvalue weighted by Gasteiger charge is -2.19. The van der Waals surface area contributed by atoms with Crippen LogP contribution in [0.5, 0.6) is 0 Å². The van der Waals surface area contributed by atoms with E-state index in [-0.39, 0.29) is 42.5 Å². The molecule has 1 saturated heterocycles. The zero-order valence-electron chi connectivity index (χ0n) is 14.7. The lowest BCUT2D eigenvalue weighted by atomic mass is 9.81. The second kappa shape index (κ2) is 7.59. The number of rotatable bonds is 6. The Hall–Kier alpha value is -1.83. The van der Waals surface area contributed by atoms with Crippen molar-refractivity contribution in [1.82, 2.24) is 15.1 Å². The molecule has 1 aromatic rings. The van der Waals surface area contributed by atoms with E-state index >= 15 is 0 Å². The van der Waals surface area contributed by atoms with Gasteiger partial charge in [-0.25, -0.2) is 0 Å². The molecule has 2 atom stereocenters. The van der Waals surface area contributed by atoms with E-state index in [9.17, 15) is 14.4 Å². The maximum absolute atomic E-state index is 12.4. The highest BCUT2D eigenvalue weighted by Crippen LogP contribution is 2.37. The second-order valence-corrected chi connectivity index (χ2v) is 8.28. The highest BCUT2D eigenvalue weighted by molar-refractivity contribution is 7.15. The maximum Gasteiger partial charge on any atom is 0.233 e. The Labute approximate surface area is 151 Å². The summed E-state index contributed by atoms with van der Waals surface area (Å²) in [6.45, 7) is 4.34. The van der Waals surface area contributed by atoms with Gasteiger partial charge < -0.3 is 5.32 Å². The summed E-state index contributed by atoms with van der Waals surface area (Å²) in [5.41, 5.74) is 0. The fourth-order valence-electron chi connectivity index (χ4n) is 3.58. The second-order valence-electron chi connectivity index (χ2n) is 7.22. The van der Waals surface area contributed by atoms with Crippen LogP contribution >= 0.6 is 11.3 Å². The summed E-state index contributed by atoms with van der Waals surface area (Å²) in [4.78, 5) is 38.1. The van der Waals surface area contributed by atoms with Crippen molar-refractivity contribution in [1.29, 1.82) is 0 Å². The Morgan fingerprint density at radius 2 is 1.84 bits per heavy atom. The van der Waals surface area contributed by atoms with E-state index in [1.54, 1.807) is 0 Å². The van der Waals surface area contributed by atoms with Gasteiger partial charge in [-0.1, -0.05) is 38.0 Å². The molecule has 3 rings (SSSR count). The minimum absolute atomic E-state index is 0.0933. The average Bonchev–Trinajstić information content (AvgIpc) is 3.09. The number of hydrogen-bond acceptors (Lipinski definition) is 6. The van der Waals surface area contributed by atoms with Crippen LogP contribution < -0.4 is 5.32 Å². The van der Waals surface area contributed by atoms with Gasteiger partial charge in [-0.05, 0) is 18.8 Å². The van der Waals surface area contributed by atoms with Gasteiger partial charge in [0.2, 0.25) is 22.9 Å². The molecule has 2 fully saturated rings. The largest absolute Gasteiger partial charge is 0.300 e. The van der Waals surface area contributed by atoms with Gasteiger partial charge in [0.1, 0.15) is 5.01 Å². The third kappa shape index (κ3) is 4.05. The van der Waals surface area contributed by atoms with Gasteiger partial charge in [0, 0.05) is 19.4 Å². The summed E-state index contributed by atoms with van der Waals surface area (Å²) in [5, 5.41) is 12.1. The number of imide groups is 1. The summed E-state index contributed by atoms with van der Waals surface area (Å²) in [6.07, 6.45) is 4.51. The minimum atomic E-state index is -0.247. The van der Waals surface area contributed by atoms with Crippen LogP contribution in [0.15, 0.2) is 0 Å². The van der Waals surface area contributed by atoms with Crippen molar-refractivity contribution in [2.45, 2.75) is 52.4 Å². The molecule has 8 heteroatoms. The molecule has 3 amide bonds. The van der Waals surface area contributed by atoms with Crippen molar-refractivity contribution in [3.8, 4) is 0 Å². The Morgan fingerprint density at radius 3 is 2.44 bits per heavy atom. The van der Waals surface area contributed by atoms with Crippen LogP contribution in [-0.2, 0) is 20.8 Å². The minimum Gasteiger partial charge on any atom is -0.300 e. The smallest absolute Gasteiger partial charge is 0.233 e. The van der Waals surface area contributed by atoms with Gasteiger partial charge in [-0.2, -0.15) is 0 Å². The molecule has 0 bridgehead atoms. The van der Waals surface area contributed by atoms with Crippen LogP contribution in [0.3, 0.4) is 0 Å².